The van der Waals surface area contributed by atoms with E-state index >= 15 is 0 Å². The van der Waals surface area contributed by atoms with Crippen LogP contribution in [-0.4, -0.2) is 67.7 Å². The highest BCUT2D eigenvalue weighted by Gasteiger charge is 2.07. The summed E-state index contributed by atoms with van der Waals surface area (Å²) in [6.45, 7) is 1.86. The number of carboxylic acid groups (broad SMARTS) is 1. The van der Waals surface area contributed by atoms with Gasteiger partial charge < -0.3 is 20.2 Å². The maximum atomic E-state index is 11.4. The summed E-state index contributed by atoms with van der Waals surface area (Å²) < 4.78 is 0. The topological polar surface area (TPSA) is 72.9 Å². The van der Waals surface area contributed by atoms with Crippen LogP contribution in [0.1, 0.15) is 12.8 Å². The van der Waals surface area contributed by atoms with Crippen molar-refractivity contribution in [3.05, 3.63) is 0 Å². The fourth-order valence-electron chi connectivity index (χ4n) is 1.02. The van der Waals surface area contributed by atoms with Crippen molar-refractivity contribution in [2.45, 2.75) is 12.8 Å². The summed E-state index contributed by atoms with van der Waals surface area (Å²) >= 11 is 0. The Kier molecular flexibility index (Phi) is 7.28. The van der Waals surface area contributed by atoms with Crippen LogP contribution in [-0.2, 0) is 4.79 Å². The van der Waals surface area contributed by atoms with Crippen LogP contribution in [0, 0.1) is 0 Å². The Balaban J connectivity index is 3.59. The number of hydrogen-bond acceptors (Lipinski definition) is 3. The van der Waals surface area contributed by atoms with Crippen molar-refractivity contribution in [2.24, 2.45) is 0 Å². The van der Waals surface area contributed by atoms with Gasteiger partial charge in [-0.15, -0.1) is 0 Å². The minimum atomic E-state index is -0.838. The van der Waals surface area contributed by atoms with Gasteiger partial charge in [0.05, 0.1) is 0 Å². The predicted octanol–water partition coefficient (Wildman–Crippen LogP) is 0.0542. The van der Waals surface area contributed by atoms with Gasteiger partial charge in [0.2, 0.25) is 0 Å². The van der Waals surface area contributed by atoms with E-state index in [1.807, 2.05) is 19.0 Å². The van der Waals surface area contributed by atoms with Gasteiger partial charge >= 0.3 is 12.0 Å². The molecule has 0 aromatic heterocycles. The molecule has 0 rings (SSSR count). The molecule has 0 unspecified atom stereocenters. The first-order chi connectivity index (χ1) is 7.43. The molecular weight excluding hydrogens is 210 g/mol. The Morgan fingerprint density at radius 3 is 2.31 bits per heavy atom. The van der Waals surface area contributed by atoms with Gasteiger partial charge in [0, 0.05) is 33.1 Å². The maximum Gasteiger partial charge on any atom is 0.317 e. The molecule has 0 bridgehead atoms. The van der Waals surface area contributed by atoms with E-state index in [2.05, 4.69) is 5.32 Å². The summed E-state index contributed by atoms with van der Waals surface area (Å²) in [6.07, 6.45) is 0.546. The zero-order valence-electron chi connectivity index (χ0n) is 10.2. The molecule has 2 N–H and O–H groups in total. The lowest BCUT2D eigenvalue weighted by atomic mass is 10.3. The average Bonchev–Trinajstić information content (AvgIpc) is 2.20. The second-order valence-electron chi connectivity index (χ2n) is 3.95. The van der Waals surface area contributed by atoms with Crippen molar-refractivity contribution in [3.8, 4) is 0 Å². The Hall–Kier alpha value is -1.30. The number of nitrogens with one attached hydrogen (secondary N) is 1. The second kappa shape index (κ2) is 7.92. The van der Waals surface area contributed by atoms with Crippen LogP contribution in [0.3, 0.4) is 0 Å². The van der Waals surface area contributed by atoms with Gasteiger partial charge in [0.15, 0.2) is 0 Å². The summed E-state index contributed by atoms with van der Waals surface area (Å²) in [5, 5.41) is 11.1. The third kappa shape index (κ3) is 8.05. The molecular formula is C10H21N3O3. The van der Waals surface area contributed by atoms with Crippen molar-refractivity contribution >= 4 is 12.0 Å². The molecule has 94 valence electrons. The fraction of sp³-hybridized carbons (Fsp3) is 0.800. The number of likely N-dealkylation sites (N-methyl/N-ethyl adjacent to an activating group) is 2. The molecule has 0 atom stereocenters. The summed E-state index contributed by atoms with van der Waals surface area (Å²) in [4.78, 5) is 25.3. The van der Waals surface area contributed by atoms with E-state index in [9.17, 15) is 9.59 Å². The van der Waals surface area contributed by atoms with E-state index in [1.165, 1.54) is 0 Å². The SMILES string of the molecule is CN(C)CCN(C)C(=O)NCCCC(=O)O. The number of carbonyl (C=O) groups excluding carboxylic acids is 1. The highest BCUT2D eigenvalue weighted by Crippen LogP contribution is 1.89. The lowest BCUT2D eigenvalue weighted by Gasteiger charge is -2.20. The summed E-state index contributed by atoms with van der Waals surface area (Å²) in [5.41, 5.74) is 0. The molecule has 0 radical (unpaired) electrons. The first kappa shape index (κ1) is 14.7. The number of rotatable bonds is 7. The Labute approximate surface area is 96.2 Å². The van der Waals surface area contributed by atoms with Crippen LogP contribution < -0.4 is 5.32 Å². The number of carboxylic acids is 1. The average molecular weight is 231 g/mol. The molecule has 0 aliphatic rings. The number of amides is 2. The van der Waals surface area contributed by atoms with Crippen LogP contribution in [0.4, 0.5) is 4.79 Å². The van der Waals surface area contributed by atoms with Crippen molar-refractivity contribution < 1.29 is 14.7 Å². The molecule has 0 aromatic carbocycles. The van der Waals surface area contributed by atoms with Gasteiger partial charge in [0.1, 0.15) is 0 Å². The standard InChI is InChI=1S/C10H21N3O3/c1-12(2)7-8-13(3)10(16)11-6-4-5-9(14)15/h4-8H2,1-3H3,(H,11,16)(H,14,15). The molecule has 6 heteroatoms. The van der Waals surface area contributed by atoms with Crippen molar-refractivity contribution in [1.82, 2.24) is 15.1 Å². The van der Waals surface area contributed by atoms with E-state index in [0.29, 0.717) is 19.5 Å². The van der Waals surface area contributed by atoms with Crippen LogP contribution in [0.5, 0.6) is 0 Å². The molecule has 0 saturated carbocycles. The normalized spacial score (nSPS) is 10.2. The van der Waals surface area contributed by atoms with E-state index in [0.717, 1.165) is 6.54 Å². The lowest BCUT2D eigenvalue weighted by molar-refractivity contribution is -0.137. The van der Waals surface area contributed by atoms with Gasteiger partial charge in [-0.2, -0.15) is 0 Å². The van der Waals surface area contributed by atoms with Gasteiger partial charge in [-0.25, -0.2) is 4.79 Å². The van der Waals surface area contributed by atoms with Crippen molar-refractivity contribution in [2.75, 3.05) is 40.8 Å². The molecule has 0 fully saturated rings. The van der Waals surface area contributed by atoms with Gasteiger partial charge in [0.25, 0.3) is 0 Å². The Morgan fingerprint density at radius 1 is 1.19 bits per heavy atom. The molecule has 0 aliphatic carbocycles. The zero-order valence-corrected chi connectivity index (χ0v) is 10.2. The summed E-state index contributed by atoms with van der Waals surface area (Å²) in [6, 6.07) is -0.160. The second-order valence-corrected chi connectivity index (χ2v) is 3.95. The highest BCUT2D eigenvalue weighted by molar-refractivity contribution is 5.73. The van der Waals surface area contributed by atoms with Crippen molar-refractivity contribution in [3.63, 3.8) is 0 Å². The maximum absolute atomic E-state index is 11.4. The van der Waals surface area contributed by atoms with Crippen LogP contribution >= 0.6 is 0 Å². The van der Waals surface area contributed by atoms with Gasteiger partial charge in [-0.3, -0.25) is 4.79 Å². The Morgan fingerprint density at radius 2 is 1.81 bits per heavy atom. The van der Waals surface area contributed by atoms with E-state index in [1.54, 1.807) is 11.9 Å². The Bertz CT molecular complexity index is 231. The zero-order chi connectivity index (χ0) is 12.6. The van der Waals surface area contributed by atoms with Crippen LogP contribution in [0.15, 0.2) is 0 Å². The summed E-state index contributed by atoms with van der Waals surface area (Å²) in [5.74, 6) is -0.838. The van der Waals surface area contributed by atoms with Gasteiger partial charge in [-0.05, 0) is 20.5 Å². The molecule has 0 heterocycles. The third-order valence-electron chi connectivity index (χ3n) is 2.07. The van der Waals surface area contributed by atoms with E-state index < -0.39 is 5.97 Å². The summed E-state index contributed by atoms with van der Waals surface area (Å²) in [7, 11) is 5.60. The molecule has 0 spiro atoms. The lowest BCUT2D eigenvalue weighted by Crippen LogP contribution is -2.40. The molecule has 2 amide bonds. The number of carbonyl (C=O) groups is 2. The quantitative estimate of drug-likeness (QED) is 0.607. The minimum absolute atomic E-state index is 0.0850. The predicted molar refractivity (Wildman–Crippen MR) is 61.5 cm³/mol. The monoisotopic (exact) mass is 231 g/mol. The number of urea groups is 1. The number of aliphatic carboxylic acids is 1. The van der Waals surface area contributed by atoms with Gasteiger partial charge in [-0.1, -0.05) is 0 Å². The molecule has 16 heavy (non-hydrogen) atoms. The first-order valence-electron chi connectivity index (χ1n) is 5.29. The number of nitrogens with zero attached hydrogens (tertiary/aromatic N) is 2. The van der Waals surface area contributed by atoms with Crippen molar-refractivity contribution in [1.29, 1.82) is 0 Å². The third-order valence-corrected chi connectivity index (χ3v) is 2.07. The van der Waals surface area contributed by atoms with E-state index in [-0.39, 0.29) is 12.5 Å². The van der Waals surface area contributed by atoms with Crippen LogP contribution in [0.2, 0.25) is 0 Å². The largest absolute Gasteiger partial charge is 0.481 e. The fourth-order valence-corrected chi connectivity index (χ4v) is 1.02. The molecule has 6 nitrogen and oxygen atoms in total. The van der Waals surface area contributed by atoms with Crippen LogP contribution in [0.25, 0.3) is 0 Å². The minimum Gasteiger partial charge on any atom is -0.481 e. The smallest absolute Gasteiger partial charge is 0.317 e. The molecule has 0 aromatic rings. The van der Waals surface area contributed by atoms with E-state index in [4.69, 9.17) is 5.11 Å². The molecule has 0 saturated heterocycles. The highest BCUT2D eigenvalue weighted by atomic mass is 16.4. The number of hydrogen-bond donors (Lipinski definition) is 2. The molecule has 0 aliphatic heterocycles. The first-order valence-corrected chi connectivity index (χ1v) is 5.29.